The van der Waals surface area contributed by atoms with E-state index in [1.807, 2.05) is 18.2 Å². The molecule has 1 aromatic carbocycles. The Balaban J connectivity index is 2.33. The zero-order valence-corrected chi connectivity index (χ0v) is 7.62. The molecule has 0 aromatic heterocycles. The number of hydrogen-bond acceptors (Lipinski definition) is 3. The third-order valence-electron chi connectivity index (χ3n) is 1.25. The SMILES string of the molecule is S=CSNCc1ccccc1. The van der Waals surface area contributed by atoms with E-state index in [2.05, 4.69) is 29.1 Å². The van der Waals surface area contributed by atoms with Gasteiger partial charge in [-0.1, -0.05) is 42.5 Å². The summed E-state index contributed by atoms with van der Waals surface area (Å²) >= 11 is 6.09. The van der Waals surface area contributed by atoms with Gasteiger partial charge in [-0.25, -0.2) is 0 Å². The minimum atomic E-state index is 0.860. The number of hydrogen-bond donors (Lipinski definition) is 1. The molecule has 0 aliphatic heterocycles. The molecule has 1 N–H and O–H groups in total. The van der Waals surface area contributed by atoms with Gasteiger partial charge < -0.3 is 0 Å². The van der Waals surface area contributed by atoms with E-state index in [1.165, 1.54) is 17.5 Å². The molecule has 11 heavy (non-hydrogen) atoms. The molecule has 0 fully saturated rings. The Bertz CT molecular complexity index is 211. The normalized spacial score (nSPS) is 9.45. The molecular formula is C8H9NS2. The molecule has 0 amide bonds. The fourth-order valence-corrected chi connectivity index (χ4v) is 1.28. The van der Waals surface area contributed by atoms with Crippen LogP contribution in [0.25, 0.3) is 0 Å². The van der Waals surface area contributed by atoms with Gasteiger partial charge in [0, 0.05) is 11.2 Å². The molecule has 0 radical (unpaired) electrons. The monoisotopic (exact) mass is 183 g/mol. The molecule has 0 spiro atoms. The maximum absolute atomic E-state index is 4.64. The first-order valence-corrected chi connectivity index (χ1v) is 4.64. The molecule has 0 saturated heterocycles. The smallest absolute Gasteiger partial charge is 0.0497 e. The van der Waals surface area contributed by atoms with Gasteiger partial charge in [-0.05, 0) is 17.5 Å². The van der Waals surface area contributed by atoms with Crippen molar-refractivity contribution in [2.24, 2.45) is 0 Å². The van der Waals surface area contributed by atoms with Gasteiger partial charge in [0.1, 0.15) is 0 Å². The van der Waals surface area contributed by atoms with Crippen molar-refractivity contribution in [2.75, 3.05) is 0 Å². The summed E-state index contributed by atoms with van der Waals surface area (Å²) in [6.45, 7) is 0.860. The van der Waals surface area contributed by atoms with Crippen molar-refractivity contribution in [3.05, 3.63) is 35.9 Å². The van der Waals surface area contributed by atoms with Crippen LogP contribution in [0, 0.1) is 0 Å². The minimum absolute atomic E-state index is 0.860. The molecule has 1 aromatic rings. The highest BCUT2D eigenvalue weighted by atomic mass is 32.2. The average Bonchev–Trinajstić information content (AvgIpc) is 2.07. The van der Waals surface area contributed by atoms with Gasteiger partial charge in [0.05, 0.1) is 0 Å². The fraction of sp³-hybridized carbons (Fsp3) is 0.125. The number of nitrogens with one attached hydrogen (secondary N) is 1. The lowest BCUT2D eigenvalue weighted by molar-refractivity contribution is 0.983. The number of benzene rings is 1. The maximum Gasteiger partial charge on any atom is 0.0497 e. The van der Waals surface area contributed by atoms with E-state index in [1.54, 1.807) is 4.70 Å². The molecule has 0 saturated carbocycles. The molecule has 58 valence electrons. The van der Waals surface area contributed by atoms with E-state index >= 15 is 0 Å². The van der Waals surface area contributed by atoms with Crippen molar-refractivity contribution >= 4 is 28.9 Å². The molecule has 0 aliphatic carbocycles. The van der Waals surface area contributed by atoms with Gasteiger partial charge >= 0.3 is 0 Å². The second kappa shape index (κ2) is 5.29. The first kappa shape index (κ1) is 8.71. The van der Waals surface area contributed by atoms with Crippen molar-refractivity contribution in [1.82, 2.24) is 4.72 Å². The molecule has 0 aliphatic rings. The van der Waals surface area contributed by atoms with Crippen LogP contribution in [-0.2, 0) is 6.54 Å². The highest BCUT2D eigenvalue weighted by molar-refractivity contribution is 8.19. The molecule has 0 atom stereocenters. The second-order valence-electron chi connectivity index (χ2n) is 2.02. The lowest BCUT2D eigenvalue weighted by atomic mass is 10.2. The van der Waals surface area contributed by atoms with Crippen molar-refractivity contribution in [2.45, 2.75) is 6.54 Å². The summed E-state index contributed by atoms with van der Waals surface area (Å²) in [4.78, 5) is 0. The largest absolute Gasteiger partial charge is 0.255 e. The standard InChI is InChI=1S/C8H9NS2/c10-7-11-9-6-8-4-2-1-3-5-8/h1-5,7,9H,6H2. The number of rotatable bonds is 4. The first-order chi connectivity index (χ1) is 5.43. The van der Waals surface area contributed by atoms with E-state index in [4.69, 9.17) is 0 Å². The van der Waals surface area contributed by atoms with Crippen LogP contribution in [0.3, 0.4) is 0 Å². The van der Waals surface area contributed by atoms with Gasteiger partial charge in [-0.15, -0.1) is 0 Å². The zero-order valence-electron chi connectivity index (χ0n) is 5.99. The molecule has 3 heteroatoms. The quantitative estimate of drug-likeness (QED) is 0.437. The van der Waals surface area contributed by atoms with Crippen LogP contribution < -0.4 is 4.72 Å². The summed E-state index contributed by atoms with van der Waals surface area (Å²) in [6, 6.07) is 10.2. The van der Waals surface area contributed by atoms with E-state index in [0.717, 1.165) is 6.54 Å². The Hall–Kier alpha value is -0.380. The second-order valence-corrected chi connectivity index (χ2v) is 3.31. The fourth-order valence-electron chi connectivity index (χ4n) is 0.755. The maximum atomic E-state index is 4.64. The third-order valence-corrected chi connectivity index (χ3v) is 1.95. The average molecular weight is 183 g/mol. The van der Waals surface area contributed by atoms with Crippen LogP contribution in [0.1, 0.15) is 5.56 Å². The number of thiocarbonyl (C=S) groups is 1. The summed E-state index contributed by atoms with van der Waals surface area (Å²) in [5.41, 5.74) is 1.27. The lowest BCUT2D eigenvalue weighted by Crippen LogP contribution is -2.01. The Morgan fingerprint density at radius 2 is 2.09 bits per heavy atom. The molecule has 0 bridgehead atoms. The van der Waals surface area contributed by atoms with E-state index in [-0.39, 0.29) is 0 Å². The first-order valence-electron chi connectivity index (χ1n) is 3.29. The Morgan fingerprint density at radius 3 is 2.73 bits per heavy atom. The summed E-state index contributed by atoms with van der Waals surface area (Å²) in [6.07, 6.45) is 0. The highest BCUT2D eigenvalue weighted by Crippen LogP contribution is 1.99. The van der Waals surface area contributed by atoms with Crippen molar-refractivity contribution < 1.29 is 0 Å². The van der Waals surface area contributed by atoms with Gasteiger partial charge in [-0.3, -0.25) is 4.72 Å². The lowest BCUT2D eigenvalue weighted by Gasteiger charge is -1.98. The van der Waals surface area contributed by atoms with Crippen LogP contribution in [0.15, 0.2) is 30.3 Å². The van der Waals surface area contributed by atoms with Gasteiger partial charge in [0.2, 0.25) is 0 Å². The third kappa shape index (κ3) is 3.51. The van der Waals surface area contributed by atoms with Crippen LogP contribution in [0.2, 0.25) is 0 Å². The summed E-state index contributed by atoms with van der Waals surface area (Å²) < 4.78 is 4.72. The minimum Gasteiger partial charge on any atom is -0.255 e. The zero-order chi connectivity index (χ0) is 7.94. The van der Waals surface area contributed by atoms with Gasteiger partial charge in [-0.2, -0.15) is 0 Å². The summed E-state index contributed by atoms with van der Waals surface area (Å²) in [5, 5.41) is 0. The molecule has 1 nitrogen and oxygen atoms in total. The molecule has 0 heterocycles. The summed E-state index contributed by atoms with van der Waals surface area (Å²) in [5.74, 6) is 0. The van der Waals surface area contributed by atoms with Gasteiger partial charge in [0.25, 0.3) is 0 Å². The van der Waals surface area contributed by atoms with Crippen molar-refractivity contribution in [3.8, 4) is 0 Å². The molecule has 1 rings (SSSR count). The molecule has 0 unspecified atom stereocenters. The van der Waals surface area contributed by atoms with E-state index in [9.17, 15) is 0 Å². The van der Waals surface area contributed by atoms with Crippen LogP contribution >= 0.6 is 24.2 Å². The Kier molecular flexibility index (Phi) is 4.19. The topological polar surface area (TPSA) is 12.0 Å². The predicted octanol–water partition coefficient (Wildman–Crippen LogP) is 2.38. The van der Waals surface area contributed by atoms with E-state index < -0.39 is 0 Å². The highest BCUT2D eigenvalue weighted by Gasteiger charge is 1.87. The van der Waals surface area contributed by atoms with Crippen LogP contribution in [0.5, 0.6) is 0 Å². The van der Waals surface area contributed by atoms with Crippen molar-refractivity contribution in [3.63, 3.8) is 0 Å². The summed E-state index contributed by atoms with van der Waals surface area (Å²) in [7, 11) is 0. The molecular weight excluding hydrogens is 174 g/mol. The van der Waals surface area contributed by atoms with Crippen molar-refractivity contribution in [1.29, 1.82) is 0 Å². The van der Waals surface area contributed by atoms with E-state index in [0.29, 0.717) is 0 Å². The van der Waals surface area contributed by atoms with Gasteiger partial charge in [0.15, 0.2) is 0 Å². The Morgan fingerprint density at radius 1 is 1.36 bits per heavy atom. The van der Waals surface area contributed by atoms with Crippen LogP contribution in [-0.4, -0.2) is 4.70 Å². The predicted molar refractivity (Wildman–Crippen MR) is 54.5 cm³/mol. The van der Waals surface area contributed by atoms with Crippen LogP contribution in [0.4, 0.5) is 0 Å². The Labute approximate surface area is 76.3 Å².